The van der Waals surface area contributed by atoms with Crippen molar-refractivity contribution >= 4 is 34.3 Å². The molecule has 3 aromatic heterocycles. The zero-order valence-corrected chi connectivity index (χ0v) is 14.9. The highest BCUT2D eigenvalue weighted by molar-refractivity contribution is 7.13. The van der Waals surface area contributed by atoms with Crippen molar-refractivity contribution in [3.8, 4) is 10.6 Å². The van der Waals surface area contributed by atoms with Crippen molar-refractivity contribution in [3.63, 3.8) is 0 Å². The number of aryl methyl sites for hydroxylation is 1. The SMILES string of the molecule is CCNC(=O)C(C)NC(=O)c1cc(-c2cccs2)nc2onc(C)c12. The number of carbonyl (C=O) groups excluding carboxylic acids is 2. The monoisotopic (exact) mass is 358 g/mol. The Morgan fingerprint density at radius 2 is 2.20 bits per heavy atom. The van der Waals surface area contributed by atoms with Gasteiger partial charge >= 0.3 is 0 Å². The van der Waals surface area contributed by atoms with Gasteiger partial charge in [-0.3, -0.25) is 9.59 Å². The lowest BCUT2D eigenvalue weighted by molar-refractivity contribution is -0.122. The van der Waals surface area contributed by atoms with Crippen LogP contribution < -0.4 is 10.6 Å². The molecule has 1 unspecified atom stereocenters. The Balaban J connectivity index is 2.00. The third-order valence-corrected chi connectivity index (χ3v) is 4.62. The third-order valence-electron chi connectivity index (χ3n) is 3.73. The van der Waals surface area contributed by atoms with E-state index < -0.39 is 6.04 Å². The number of fused-ring (bicyclic) bond motifs is 1. The van der Waals surface area contributed by atoms with Gasteiger partial charge in [0, 0.05) is 6.54 Å². The highest BCUT2D eigenvalue weighted by Crippen LogP contribution is 2.29. The minimum absolute atomic E-state index is 0.235. The van der Waals surface area contributed by atoms with E-state index in [1.54, 1.807) is 19.9 Å². The molecule has 1 atom stereocenters. The van der Waals surface area contributed by atoms with Crippen LogP contribution in [0.1, 0.15) is 29.9 Å². The Kier molecular flexibility index (Phi) is 4.80. The van der Waals surface area contributed by atoms with Gasteiger partial charge in [-0.2, -0.15) is 0 Å². The van der Waals surface area contributed by atoms with Crippen LogP contribution in [0.5, 0.6) is 0 Å². The molecule has 0 aliphatic heterocycles. The normalized spacial score (nSPS) is 12.1. The molecular formula is C17H18N4O3S. The predicted octanol–water partition coefficient (Wildman–Crippen LogP) is 2.51. The Morgan fingerprint density at radius 3 is 2.88 bits per heavy atom. The molecule has 3 heterocycles. The van der Waals surface area contributed by atoms with Crippen LogP contribution in [0.25, 0.3) is 21.7 Å². The number of amides is 2. The van der Waals surface area contributed by atoms with Crippen LogP contribution in [0.2, 0.25) is 0 Å². The number of thiophene rings is 1. The number of pyridine rings is 1. The first-order valence-corrected chi connectivity index (χ1v) is 8.78. The van der Waals surface area contributed by atoms with E-state index in [1.807, 2.05) is 24.4 Å². The molecule has 2 N–H and O–H groups in total. The first kappa shape index (κ1) is 17.1. The average molecular weight is 358 g/mol. The molecule has 0 bridgehead atoms. The van der Waals surface area contributed by atoms with E-state index in [9.17, 15) is 9.59 Å². The van der Waals surface area contributed by atoms with Gasteiger partial charge in [-0.05, 0) is 38.3 Å². The number of hydrogen-bond donors (Lipinski definition) is 2. The molecule has 0 saturated carbocycles. The van der Waals surface area contributed by atoms with Crippen LogP contribution in [-0.4, -0.2) is 34.5 Å². The number of likely N-dealkylation sites (N-methyl/N-ethyl adjacent to an activating group) is 1. The maximum atomic E-state index is 12.8. The molecule has 25 heavy (non-hydrogen) atoms. The molecular weight excluding hydrogens is 340 g/mol. The van der Waals surface area contributed by atoms with Crippen molar-refractivity contribution in [2.75, 3.05) is 6.54 Å². The summed E-state index contributed by atoms with van der Waals surface area (Å²) in [5.41, 5.74) is 1.91. The number of aromatic nitrogens is 2. The minimum atomic E-state index is -0.652. The molecule has 0 saturated heterocycles. The highest BCUT2D eigenvalue weighted by Gasteiger charge is 2.22. The molecule has 8 heteroatoms. The number of nitrogens with one attached hydrogen (secondary N) is 2. The van der Waals surface area contributed by atoms with E-state index in [0.29, 0.717) is 34.6 Å². The van der Waals surface area contributed by atoms with Gasteiger partial charge in [0.05, 0.1) is 27.2 Å². The van der Waals surface area contributed by atoms with Crippen LogP contribution in [0.15, 0.2) is 28.1 Å². The van der Waals surface area contributed by atoms with Crippen molar-refractivity contribution in [2.24, 2.45) is 0 Å². The predicted molar refractivity (Wildman–Crippen MR) is 95.5 cm³/mol. The summed E-state index contributed by atoms with van der Waals surface area (Å²) in [6.07, 6.45) is 0. The fourth-order valence-electron chi connectivity index (χ4n) is 2.49. The van der Waals surface area contributed by atoms with E-state index >= 15 is 0 Å². The number of hydrogen-bond acceptors (Lipinski definition) is 6. The number of nitrogens with zero attached hydrogens (tertiary/aromatic N) is 2. The molecule has 130 valence electrons. The maximum Gasteiger partial charge on any atom is 0.259 e. The Morgan fingerprint density at radius 1 is 1.40 bits per heavy atom. The topological polar surface area (TPSA) is 97.1 Å². The van der Waals surface area contributed by atoms with Crippen molar-refractivity contribution in [3.05, 3.63) is 34.8 Å². The van der Waals surface area contributed by atoms with E-state index in [1.165, 1.54) is 11.3 Å². The average Bonchev–Trinajstić information content (AvgIpc) is 3.24. The Bertz CT molecular complexity index is 918. The number of rotatable bonds is 5. The molecule has 2 amide bonds. The first-order valence-electron chi connectivity index (χ1n) is 7.90. The summed E-state index contributed by atoms with van der Waals surface area (Å²) in [5.74, 6) is -0.600. The maximum absolute atomic E-state index is 12.8. The van der Waals surface area contributed by atoms with Gasteiger partial charge < -0.3 is 15.2 Å². The summed E-state index contributed by atoms with van der Waals surface area (Å²) < 4.78 is 5.25. The molecule has 7 nitrogen and oxygen atoms in total. The first-order chi connectivity index (χ1) is 12.0. The lowest BCUT2D eigenvalue weighted by atomic mass is 10.1. The molecule has 0 aliphatic carbocycles. The van der Waals surface area contributed by atoms with E-state index in [4.69, 9.17) is 4.52 Å². The molecule has 0 aromatic carbocycles. The summed E-state index contributed by atoms with van der Waals surface area (Å²) in [7, 11) is 0. The second-order valence-electron chi connectivity index (χ2n) is 5.57. The Hall–Kier alpha value is -2.74. The second-order valence-corrected chi connectivity index (χ2v) is 6.52. The lowest BCUT2D eigenvalue weighted by Crippen LogP contribution is -2.44. The summed E-state index contributed by atoms with van der Waals surface area (Å²) in [5, 5.41) is 11.8. The molecule has 3 rings (SSSR count). The third kappa shape index (κ3) is 3.39. The van der Waals surface area contributed by atoms with Gasteiger partial charge in [-0.15, -0.1) is 11.3 Å². The van der Waals surface area contributed by atoms with E-state index in [2.05, 4.69) is 20.8 Å². The molecule has 0 aliphatic rings. The summed E-state index contributed by atoms with van der Waals surface area (Å²) in [6, 6.07) is 4.88. The van der Waals surface area contributed by atoms with Crippen LogP contribution in [0, 0.1) is 6.92 Å². The molecule has 0 radical (unpaired) electrons. The number of carbonyl (C=O) groups is 2. The van der Waals surface area contributed by atoms with Crippen LogP contribution in [-0.2, 0) is 4.79 Å². The van der Waals surface area contributed by atoms with Gasteiger partial charge in [0.25, 0.3) is 11.6 Å². The van der Waals surface area contributed by atoms with Crippen molar-refractivity contribution in [1.82, 2.24) is 20.8 Å². The minimum Gasteiger partial charge on any atom is -0.355 e. The highest BCUT2D eigenvalue weighted by atomic mass is 32.1. The van der Waals surface area contributed by atoms with Crippen molar-refractivity contribution < 1.29 is 14.1 Å². The molecule has 3 aromatic rings. The van der Waals surface area contributed by atoms with Gasteiger partial charge in [0.15, 0.2) is 0 Å². The smallest absolute Gasteiger partial charge is 0.259 e. The van der Waals surface area contributed by atoms with Crippen LogP contribution >= 0.6 is 11.3 Å². The quantitative estimate of drug-likeness (QED) is 0.730. The van der Waals surface area contributed by atoms with Gasteiger partial charge in [0.2, 0.25) is 5.91 Å². The van der Waals surface area contributed by atoms with Crippen LogP contribution in [0.4, 0.5) is 0 Å². The summed E-state index contributed by atoms with van der Waals surface area (Å²) >= 11 is 1.52. The summed E-state index contributed by atoms with van der Waals surface area (Å²) in [6.45, 7) is 5.72. The van der Waals surface area contributed by atoms with Crippen molar-refractivity contribution in [1.29, 1.82) is 0 Å². The molecule has 0 fully saturated rings. The van der Waals surface area contributed by atoms with E-state index in [0.717, 1.165) is 4.88 Å². The standard InChI is InChI=1S/C17H18N4O3S/c1-4-18-15(22)10(3)19-16(23)11-8-12(13-6-5-7-25-13)20-17-14(11)9(2)21-24-17/h5-8,10H,4H2,1-3H3,(H,18,22)(H,19,23). The fourth-order valence-corrected chi connectivity index (χ4v) is 3.18. The van der Waals surface area contributed by atoms with E-state index in [-0.39, 0.29) is 11.8 Å². The second kappa shape index (κ2) is 7.02. The van der Waals surface area contributed by atoms with Gasteiger partial charge in [0.1, 0.15) is 6.04 Å². The lowest BCUT2D eigenvalue weighted by Gasteiger charge is -2.14. The van der Waals surface area contributed by atoms with Gasteiger partial charge in [-0.1, -0.05) is 11.2 Å². The molecule has 0 spiro atoms. The van der Waals surface area contributed by atoms with Crippen molar-refractivity contribution in [2.45, 2.75) is 26.8 Å². The van der Waals surface area contributed by atoms with Crippen LogP contribution in [0.3, 0.4) is 0 Å². The fraction of sp³-hybridized carbons (Fsp3) is 0.294. The zero-order chi connectivity index (χ0) is 18.0. The van der Waals surface area contributed by atoms with Gasteiger partial charge in [-0.25, -0.2) is 4.98 Å². The largest absolute Gasteiger partial charge is 0.355 e. The zero-order valence-electron chi connectivity index (χ0n) is 14.1. The summed E-state index contributed by atoms with van der Waals surface area (Å²) in [4.78, 5) is 30.0. The Labute approximate surface area is 148 Å².